The number of aliphatic hydroxyl groups is 1. The van der Waals surface area contributed by atoms with E-state index < -0.39 is 0 Å². The lowest BCUT2D eigenvalue weighted by Gasteiger charge is -2.15. The topological polar surface area (TPSA) is 65.1 Å². The lowest BCUT2D eigenvalue weighted by Crippen LogP contribution is -2.30. The van der Waals surface area contributed by atoms with E-state index in [9.17, 15) is 9.90 Å². The van der Waals surface area contributed by atoms with Gasteiger partial charge in [0.1, 0.15) is 0 Å². The fraction of sp³-hybridized carbons (Fsp3) is 0.167. The number of carbonyl (C=O) groups is 1. The van der Waals surface area contributed by atoms with Crippen LogP contribution in [0.15, 0.2) is 60.8 Å². The minimum atomic E-state index is -0.137. The summed E-state index contributed by atoms with van der Waals surface area (Å²) in [5, 5.41) is 13.5. The maximum Gasteiger partial charge on any atom is 0.253 e. The molecule has 0 spiro atoms. The molecule has 3 N–H and O–H groups in total. The van der Waals surface area contributed by atoms with E-state index in [-0.39, 0.29) is 18.4 Å². The summed E-state index contributed by atoms with van der Waals surface area (Å²) in [6.45, 7) is 0.396. The Balaban J connectivity index is 1.73. The zero-order valence-corrected chi connectivity index (χ0v) is 12.1. The zero-order valence-electron chi connectivity index (χ0n) is 12.1. The van der Waals surface area contributed by atoms with Crippen LogP contribution in [0.1, 0.15) is 21.8 Å². The summed E-state index contributed by atoms with van der Waals surface area (Å²) in [6.07, 6.45) is 1.82. The molecule has 0 aliphatic carbocycles. The van der Waals surface area contributed by atoms with E-state index in [0.717, 1.165) is 16.5 Å². The van der Waals surface area contributed by atoms with Crippen molar-refractivity contribution < 1.29 is 9.90 Å². The van der Waals surface area contributed by atoms with Gasteiger partial charge in [0.25, 0.3) is 5.91 Å². The van der Waals surface area contributed by atoms with Crippen molar-refractivity contribution in [3.8, 4) is 0 Å². The van der Waals surface area contributed by atoms with Crippen LogP contribution in [0, 0.1) is 0 Å². The van der Waals surface area contributed by atoms with Gasteiger partial charge in [-0.25, -0.2) is 0 Å². The third-order valence-electron chi connectivity index (χ3n) is 3.83. The van der Waals surface area contributed by atoms with Crippen molar-refractivity contribution >= 4 is 16.8 Å². The van der Waals surface area contributed by atoms with Gasteiger partial charge in [0.2, 0.25) is 0 Å². The molecule has 2 aromatic carbocycles. The third kappa shape index (κ3) is 2.87. The van der Waals surface area contributed by atoms with Gasteiger partial charge < -0.3 is 15.4 Å². The first kappa shape index (κ1) is 14.4. The van der Waals surface area contributed by atoms with E-state index in [1.807, 2.05) is 54.7 Å². The standard InChI is InChI=1S/C18H18N2O2/c21-12-15(13-5-2-1-3-6-13)11-20-18(22)16-8-4-7-14-9-10-19-17(14)16/h1-10,15,19,21H,11-12H2,(H,20,22)/t15-/m0/s1. The molecule has 1 atom stereocenters. The predicted molar refractivity (Wildman–Crippen MR) is 86.9 cm³/mol. The van der Waals surface area contributed by atoms with Crippen LogP contribution < -0.4 is 5.32 Å². The van der Waals surface area contributed by atoms with E-state index in [0.29, 0.717) is 12.1 Å². The van der Waals surface area contributed by atoms with Crippen LogP contribution in [0.3, 0.4) is 0 Å². The number of hydrogen-bond donors (Lipinski definition) is 3. The second-order valence-corrected chi connectivity index (χ2v) is 5.25. The first-order chi connectivity index (χ1) is 10.8. The van der Waals surface area contributed by atoms with Crippen LogP contribution in [0.4, 0.5) is 0 Å². The SMILES string of the molecule is O=C(NC[C@@H](CO)c1ccccc1)c1cccc2cc[nH]c12. The molecule has 4 nitrogen and oxygen atoms in total. The molecule has 3 aromatic rings. The van der Waals surface area contributed by atoms with Crippen LogP contribution in [-0.4, -0.2) is 29.1 Å². The lowest BCUT2D eigenvalue weighted by molar-refractivity contribution is 0.0949. The molecule has 1 heterocycles. The number of carbonyl (C=O) groups excluding carboxylic acids is 1. The number of aromatic nitrogens is 1. The molecule has 0 saturated heterocycles. The first-order valence-corrected chi connectivity index (χ1v) is 7.29. The quantitative estimate of drug-likeness (QED) is 0.677. The molecule has 22 heavy (non-hydrogen) atoms. The summed E-state index contributed by atoms with van der Waals surface area (Å²) in [6, 6.07) is 17.3. The minimum Gasteiger partial charge on any atom is -0.396 e. The van der Waals surface area contributed by atoms with Crippen molar-refractivity contribution in [3.05, 3.63) is 71.9 Å². The van der Waals surface area contributed by atoms with Crippen LogP contribution in [0.25, 0.3) is 10.9 Å². The van der Waals surface area contributed by atoms with Gasteiger partial charge in [-0.3, -0.25) is 4.79 Å². The van der Waals surface area contributed by atoms with Gasteiger partial charge in [0.15, 0.2) is 0 Å². The molecule has 0 fully saturated rings. The number of nitrogens with one attached hydrogen (secondary N) is 2. The van der Waals surface area contributed by atoms with Crippen molar-refractivity contribution in [2.45, 2.75) is 5.92 Å². The smallest absolute Gasteiger partial charge is 0.253 e. The average Bonchev–Trinajstić information content (AvgIpc) is 3.04. The van der Waals surface area contributed by atoms with E-state index in [2.05, 4.69) is 10.3 Å². The fourth-order valence-corrected chi connectivity index (χ4v) is 2.60. The molecule has 0 unspecified atom stereocenters. The molecule has 1 aromatic heterocycles. The Morgan fingerprint density at radius 3 is 2.68 bits per heavy atom. The normalized spacial score (nSPS) is 12.2. The van der Waals surface area contributed by atoms with Crippen molar-refractivity contribution in [2.24, 2.45) is 0 Å². The van der Waals surface area contributed by atoms with Gasteiger partial charge in [0.05, 0.1) is 17.7 Å². The van der Waals surface area contributed by atoms with Gasteiger partial charge in [-0.2, -0.15) is 0 Å². The molecule has 0 aliphatic heterocycles. The maximum atomic E-state index is 12.4. The average molecular weight is 294 g/mol. The van der Waals surface area contributed by atoms with Gasteiger partial charge in [0, 0.05) is 24.0 Å². The number of rotatable bonds is 5. The molecular formula is C18H18N2O2. The Labute approximate surface area is 128 Å². The number of fused-ring (bicyclic) bond motifs is 1. The third-order valence-corrected chi connectivity index (χ3v) is 3.83. The highest BCUT2D eigenvalue weighted by atomic mass is 16.3. The first-order valence-electron chi connectivity index (χ1n) is 7.29. The summed E-state index contributed by atoms with van der Waals surface area (Å²) < 4.78 is 0. The van der Waals surface area contributed by atoms with E-state index in [1.54, 1.807) is 6.07 Å². The highest BCUT2D eigenvalue weighted by Crippen LogP contribution is 2.18. The molecule has 3 rings (SSSR count). The molecule has 1 amide bonds. The summed E-state index contributed by atoms with van der Waals surface area (Å²) in [4.78, 5) is 15.5. The number of amides is 1. The minimum absolute atomic E-state index is 0.00298. The molecule has 4 heteroatoms. The molecule has 0 aliphatic rings. The fourth-order valence-electron chi connectivity index (χ4n) is 2.60. The number of H-pyrrole nitrogens is 1. The Hall–Kier alpha value is -2.59. The Bertz CT molecular complexity index is 765. The second kappa shape index (κ2) is 6.45. The van der Waals surface area contributed by atoms with Gasteiger partial charge in [-0.1, -0.05) is 42.5 Å². The van der Waals surface area contributed by atoms with Crippen LogP contribution in [-0.2, 0) is 0 Å². The monoisotopic (exact) mass is 294 g/mol. The molecule has 0 radical (unpaired) electrons. The summed E-state index contributed by atoms with van der Waals surface area (Å²) in [7, 11) is 0. The molecule has 0 saturated carbocycles. The number of para-hydroxylation sites is 1. The summed E-state index contributed by atoms with van der Waals surface area (Å²) >= 11 is 0. The van der Waals surface area contributed by atoms with Gasteiger partial charge in [-0.05, 0) is 17.7 Å². The van der Waals surface area contributed by atoms with E-state index >= 15 is 0 Å². The summed E-state index contributed by atoms with van der Waals surface area (Å²) in [5.41, 5.74) is 2.47. The predicted octanol–water partition coefficient (Wildman–Crippen LogP) is 2.67. The Kier molecular flexibility index (Phi) is 4.21. The van der Waals surface area contributed by atoms with Crippen molar-refractivity contribution in [2.75, 3.05) is 13.2 Å². The largest absolute Gasteiger partial charge is 0.396 e. The van der Waals surface area contributed by atoms with Crippen molar-refractivity contribution in [3.63, 3.8) is 0 Å². The number of hydrogen-bond acceptors (Lipinski definition) is 2. The number of aliphatic hydroxyl groups excluding tert-OH is 1. The molecule has 112 valence electrons. The van der Waals surface area contributed by atoms with Crippen molar-refractivity contribution in [1.29, 1.82) is 0 Å². The van der Waals surface area contributed by atoms with Gasteiger partial charge >= 0.3 is 0 Å². The number of aromatic amines is 1. The molecule has 0 bridgehead atoms. The summed E-state index contributed by atoms with van der Waals surface area (Å²) in [5.74, 6) is -0.240. The highest BCUT2D eigenvalue weighted by Gasteiger charge is 2.14. The van der Waals surface area contributed by atoms with Gasteiger partial charge in [-0.15, -0.1) is 0 Å². The van der Waals surface area contributed by atoms with Crippen molar-refractivity contribution in [1.82, 2.24) is 10.3 Å². The van der Waals surface area contributed by atoms with Crippen LogP contribution in [0.5, 0.6) is 0 Å². The Morgan fingerprint density at radius 1 is 1.09 bits per heavy atom. The van der Waals surface area contributed by atoms with Crippen LogP contribution in [0.2, 0.25) is 0 Å². The molecular weight excluding hydrogens is 276 g/mol. The lowest BCUT2D eigenvalue weighted by atomic mass is 10.00. The van der Waals surface area contributed by atoms with Crippen LogP contribution >= 0.6 is 0 Å². The zero-order chi connectivity index (χ0) is 15.4. The van der Waals surface area contributed by atoms with E-state index in [4.69, 9.17) is 0 Å². The highest BCUT2D eigenvalue weighted by molar-refractivity contribution is 6.05. The van der Waals surface area contributed by atoms with E-state index in [1.165, 1.54) is 0 Å². The number of benzene rings is 2. The Morgan fingerprint density at radius 2 is 1.91 bits per heavy atom. The second-order valence-electron chi connectivity index (χ2n) is 5.25. The maximum absolute atomic E-state index is 12.4.